The second-order valence-corrected chi connectivity index (χ2v) is 5.29. The zero-order valence-electron chi connectivity index (χ0n) is 11.1. The summed E-state index contributed by atoms with van der Waals surface area (Å²) in [5, 5.41) is 3.50. The second-order valence-electron chi connectivity index (χ2n) is 5.29. The first kappa shape index (κ1) is 12.6. The van der Waals surface area contributed by atoms with Gasteiger partial charge in [-0.15, -0.1) is 0 Å². The molecule has 17 heavy (non-hydrogen) atoms. The van der Waals surface area contributed by atoms with E-state index in [1.165, 1.54) is 5.56 Å². The molecule has 1 aromatic rings. The molecule has 2 heteroatoms. The molecule has 94 valence electrons. The Balaban J connectivity index is 2.07. The molecule has 0 bridgehead atoms. The Morgan fingerprint density at radius 3 is 2.76 bits per heavy atom. The van der Waals surface area contributed by atoms with Gasteiger partial charge in [0, 0.05) is 19.0 Å². The van der Waals surface area contributed by atoms with Crippen molar-refractivity contribution in [1.29, 1.82) is 0 Å². The van der Waals surface area contributed by atoms with Gasteiger partial charge >= 0.3 is 0 Å². The molecule has 1 aliphatic rings. The van der Waals surface area contributed by atoms with E-state index < -0.39 is 0 Å². The minimum atomic E-state index is -0.00798. The highest BCUT2D eigenvalue weighted by atomic mass is 16.5. The van der Waals surface area contributed by atoms with Crippen LogP contribution in [0.25, 0.3) is 0 Å². The van der Waals surface area contributed by atoms with Crippen LogP contribution in [0.1, 0.15) is 38.7 Å². The Morgan fingerprint density at radius 1 is 1.41 bits per heavy atom. The molecular formula is C15H23NO. The van der Waals surface area contributed by atoms with E-state index in [0.717, 1.165) is 19.5 Å². The van der Waals surface area contributed by atoms with Crippen LogP contribution in [0.15, 0.2) is 30.3 Å². The van der Waals surface area contributed by atoms with Crippen molar-refractivity contribution in [3.63, 3.8) is 0 Å². The lowest BCUT2D eigenvalue weighted by Crippen LogP contribution is -2.53. The van der Waals surface area contributed by atoms with E-state index in [-0.39, 0.29) is 11.7 Å². The third-order valence-electron chi connectivity index (χ3n) is 3.91. The lowest BCUT2D eigenvalue weighted by Gasteiger charge is -2.41. The third kappa shape index (κ3) is 2.88. The third-order valence-corrected chi connectivity index (χ3v) is 3.91. The molecule has 1 saturated heterocycles. The van der Waals surface area contributed by atoms with Crippen molar-refractivity contribution in [3.8, 4) is 0 Å². The lowest BCUT2D eigenvalue weighted by molar-refractivity contribution is -0.114. The Hall–Kier alpha value is -0.860. The summed E-state index contributed by atoms with van der Waals surface area (Å²) in [4.78, 5) is 0. The first-order valence-electron chi connectivity index (χ1n) is 6.58. The van der Waals surface area contributed by atoms with Crippen LogP contribution in [0.2, 0.25) is 0 Å². The molecule has 0 radical (unpaired) electrons. The van der Waals surface area contributed by atoms with Crippen molar-refractivity contribution in [2.45, 2.75) is 44.8 Å². The average Bonchev–Trinajstić information content (AvgIpc) is 2.39. The summed E-state index contributed by atoms with van der Waals surface area (Å²) in [6.45, 7) is 8.55. The van der Waals surface area contributed by atoms with Crippen LogP contribution in [-0.2, 0) is 4.74 Å². The maximum Gasteiger partial charge on any atom is 0.0780 e. The van der Waals surface area contributed by atoms with E-state index in [4.69, 9.17) is 4.74 Å². The van der Waals surface area contributed by atoms with E-state index in [1.54, 1.807) is 0 Å². The molecule has 0 saturated carbocycles. The summed E-state index contributed by atoms with van der Waals surface area (Å²) < 4.78 is 6.28. The molecule has 0 spiro atoms. The predicted octanol–water partition coefficient (Wildman–Crippen LogP) is 2.95. The Kier molecular flexibility index (Phi) is 3.85. The van der Waals surface area contributed by atoms with Crippen molar-refractivity contribution in [3.05, 3.63) is 35.9 Å². The van der Waals surface area contributed by atoms with Crippen molar-refractivity contribution < 1.29 is 4.74 Å². The first-order valence-corrected chi connectivity index (χ1v) is 6.58. The zero-order valence-corrected chi connectivity index (χ0v) is 11.1. The van der Waals surface area contributed by atoms with Gasteiger partial charge in [0.1, 0.15) is 0 Å². The van der Waals surface area contributed by atoms with Crippen molar-refractivity contribution in [1.82, 2.24) is 5.32 Å². The van der Waals surface area contributed by atoms with Crippen LogP contribution in [0.3, 0.4) is 0 Å². The number of hydrogen-bond acceptors (Lipinski definition) is 2. The quantitative estimate of drug-likeness (QED) is 0.866. The number of ether oxygens (including phenoxy) is 1. The largest absolute Gasteiger partial charge is 0.369 e. The fourth-order valence-corrected chi connectivity index (χ4v) is 2.39. The SMILES string of the molecule is CCC1(C)CNCC(C(C)c2ccccc2)O1. The Labute approximate surface area is 104 Å². The van der Waals surface area contributed by atoms with Crippen LogP contribution in [0, 0.1) is 0 Å². The summed E-state index contributed by atoms with van der Waals surface area (Å²) in [6, 6.07) is 10.6. The number of rotatable bonds is 3. The zero-order chi connectivity index (χ0) is 12.3. The Morgan fingerprint density at radius 2 is 2.12 bits per heavy atom. The molecule has 2 rings (SSSR count). The van der Waals surface area contributed by atoms with E-state index in [0.29, 0.717) is 5.92 Å². The van der Waals surface area contributed by atoms with Gasteiger partial charge < -0.3 is 10.1 Å². The van der Waals surface area contributed by atoms with Gasteiger partial charge in [0.2, 0.25) is 0 Å². The van der Waals surface area contributed by atoms with E-state index in [1.807, 2.05) is 0 Å². The van der Waals surface area contributed by atoms with Gasteiger partial charge in [0.15, 0.2) is 0 Å². The molecule has 0 aromatic heterocycles. The highest BCUT2D eigenvalue weighted by molar-refractivity contribution is 5.20. The number of hydrogen-bond donors (Lipinski definition) is 1. The maximum absolute atomic E-state index is 6.28. The highest BCUT2D eigenvalue weighted by Gasteiger charge is 2.33. The molecule has 3 unspecified atom stereocenters. The number of benzene rings is 1. The van der Waals surface area contributed by atoms with Crippen LogP contribution in [0.4, 0.5) is 0 Å². The predicted molar refractivity (Wildman–Crippen MR) is 71.3 cm³/mol. The molecule has 0 aliphatic carbocycles. The molecule has 2 nitrogen and oxygen atoms in total. The lowest BCUT2D eigenvalue weighted by atomic mass is 9.92. The van der Waals surface area contributed by atoms with Gasteiger partial charge in [-0.25, -0.2) is 0 Å². The van der Waals surface area contributed by atoms with E-state index in [9.17, 15) is 0 Å². The van der Waals surface area contributed by atoms with Gasteiger partial charge in [-0.1, -0.05) is 44.2 Å². The van der Waals surface area contributed by atoms with Gasteiger partial charge in [0.25, 0.3) is 0 Å². The van der Waals surface area contributed by atoms with Gasteiger partial charge in [-0.3, -0.25) is 0 Å². The molecule has 0 amide bonds. The number of morpholine rings is 1. The summed E-state index contributed by atoms with van der Waals surface area (Å²) in [5.74, 6) is 0.440. The maximum atomic E-state index is 6.28. The average molecular weight is 233 g/mol. The molecule has 1 fully saturated rings. The standard InChI is InChI=1S/C15H23NO/c1-4-15(3)11-16-10-14(17-15)12(2)13-8-6-5-7-9-13/h5-9,12,14,16H,4,10-11H2,1-3H3. The fraction of sp³-hybridized carbons (Fsp3) is 0.600. The van der Waals surface area contributed by atoms with Crippen molar-refractivity contribution in [2.75, 3.05) is 13.1 Å². The minimum Gasteiger partial charge on any atom is -0.369 e. The fourth-order valence-electron chi connectivity index (χ4n) is 2.39. The van der Waals surface area contributed by atoms with Gasteiger partial charge in [0.05, 0.1) is 11.7 Å². The molecule has 3 atom stereocenters. The smallest absolute Gasteiger partial charge is 0.0780 e. The molecular weight excluding hydrogens is 210 g/mol. The van der Waals surface area contributed by atoms with Crippen LogP contribution >= 0.6 is 0 Å². The van der Waals surface area contributed by atoms with Crippen LogP contribution in [-0.4, -0.2) is 24.8 Å². The normalized spacial score (nSPS) is 31.1. The van der Waals surface area contributed by atoms with Crippen LogP contribution in [0.5, 0.6) is 0 Å². The van der Waals surface area contributed by atoms with E-state index >= 15 is 0 Å². The molecule has 1 heterocycles. The number of nitrogens with one attached hydrogen (secondary N) is 1. The molecule has 1 N–H and O–H groups in total. The van der Waals surface area contributed by atoms with Crippen molar-refractivity contribution in [2.24, 2.45) is 0 Å². The summed E-state index contributed by atoms with van der Waals surface area (Å²) in [6.07, 6.45) is 1.33. The first-order chi connectivity index (χ1) is 8.14. The second kappa shape index (κ2) is 5.19. The van der Waals surface area contributed by atoms with Gasteiger partial charge in [-0.05, 0) is 18.9 Å². The minimum absolute atomic E-state index is 0.00798. The van der Waals surface area contributed by atoms with Crippen molar-refractivity contribution >= 4 is 0 Å². The Bertz CT molecular complexity index is 351. The highest BCUT2D eigenvalue weighted by Crippen LogP contribution is 2.28. The summed E-state index contributed by atoms with van der Waals surface area (Å²) >= 11 is 0. The van der Waals surface area contributed by atoms with Gasteiger partial charge in [-0.2, -0.15) is 0 Å². The topological polar surface area (TPSA) is 21.3 Å². The van der Waals surface area contributed by atoms with E-state index in [2.05, 4.69) is 56.4 Å². The monoisotopic (exact) mass is 233 g/mol. The molecule has 1 aromatic carbocycles. The molecule has 1 aliphatic heterocycles. The summed E-state index contributed by atoms with van der Waals surface area (Å²) in [5.41, 5.74) is 1.35. The summed E-state index contributed by atoms with van der Waals surface area (Å²) in [7, 11) is 0. The van der Waals surface area contributed by atoms with Crippen LogP contribution < -0.4 is 5.32 Å².